The lowest BCUT2D eigenvalue weighted by Crippen LogP contribution is -2.47. The quantitative estimate of drug-likeness (QED) is 0.852. The first-order valence-electron chi connectivity index (χ1n) is 8.48. The lowest BCUT2D eigenvalue weighted by atomic mass is 10.2. The molecule has 0 bridgehead atoms. The number of aromatic nitrogens is 3. The third-order valence-electron chi connectivity index (χ3n) is 4.76. The maximum absolute atomic E-state index is 6.26. The van der Waals surface area contributed by atoms with E-state index in [0.29, 0.717) is 5.02 Å². The Kier molecular flexibility index (Phi) is 4.38. The van der Waals surface area contributed by atoms with Gasteiger partial charge in [0.2, 0.25) is 0 Å². The van der Waals surface area contributed by atoms with E-state index in [0.717, 1.165) is 56.6 Å². The van der Waals surface area contributed by atoms with Crippen molar-refractivity contribution in [2.45, 2.75) is 12.8 Å². The Bertz CT molecular complexity index is 695. The van der Waals surface area contributed by atoms with Crippen LogP contribution in [0.4, 0.5) is 17.3 Å². The molecule has 2 aliphatic heterocycles. The molecule has 0 N–H and O–H groups in total. The third-order valence-corrected chi connectivity index (χ3v) is 5.05. The summed E-state index contributed by atoms with van der Waals surface area (Å²) >= 11 is 6.26. The number of halogens is 1. The SMILES string of the molecule is Clc1cnccc1N1CCN(c2cc(N3CCCC3)ncn2)CC1. The van der Waals surface area contributed by atoms with Crippen LogP contribution in [0.3, 0.4) is 0 Å². The molecule has 0 saturated carbocycles. The van der Waals surface area contributed by atoms with Crippen LogP contribution in [0.2, 0.25) is 5.02 Å². The fourth-order valence-electron chi connectivity index (χ4n) is 3.43. The summed E-state index contributed by atoms with van der Waals surface area (Å²) in [6.45, 7) is 5.90. The van der Waals surface area contributed by atoms with Crippen molar-refractivity contribution in [3.05, 3.63) is 35.9 Å². The maximum atomic E-state index is 6.26. The molecule has 4 heterocycles. The van der Waals surface area contributed by atoms with Gasteiger partial charge in [0, 0.05) is 57.7 Å². The molecule has 2 saturated heterocycles. The van der Waals surface area contributed by atoms with Gasteiger partial charge in [0.25, 0.3) is 0 Å². The molecule has 2 aromatic heterocycles. The first-order valence-corrected chi connectivity index (χ1v) is 8.85. The summed E-state index contributed by atoms with van der Waals surface area (Å²) in [4.78, 5) is 20.0. The average Bonchev–Trinajstić information content (AvgIpc) is 3.17. The number of nitrogens with zero attached hydrogens (tertiary/aromatic N) is 6. The number of piperazine rings is 1. The van der Waals surface area contributed by atoms with E-state index in [4.69, 9.17) is 11.6 Å². The van der Waals surface area contributed by atoms with E-state index in [9.17, 15) is 0 Å². The number of rotatable bonds is 3. The van der Waals surface area contributed by atoms with Crippen molar-refractivity contribution >= 4 is 28.9 Å². The lowest BCUT2D eigenvalue weighted by Gasteiger charge is -2.37. The highest BCUT2D eigenvalue weighted by Gasteiger charge is 2.21. The molecule has 0 amide bonds. The molecule has 0 spiro atoms. The second-order valence-electron chi connectivity index (χ2n) is 6.23. The first-order chi connectivity index (χ1) is 11.8. The minimum atomic E-state index is 0.712. The Balaban J connectivity index is 1.44. The molecule has 2 fully saturated rings. The van der Waals surface area contributed by atoms with Crippen LogP contribution in [-0.2, 0) is 0 Å². The molecule has 0 aliphatic carbocycles. The van der Waals surface area contributed by atoms with Gasteiger partial charge in [-0.25, -0.2) is 9.97 Å². The molecule has 2 aromatic rings. The smallest absolute Gasteiger partial charge is 0.134 e. The van der Waals surface area contributed by atoms with Crippen LogP contribution in [-0.4, -0.2) is 54.2 Å². The Morgan fingerprint density at radius 1 is 0.833 bits per heavy atom. The summed E-state index contributed by atoms with van der Waals surface area (Å²) in [5.74, 6) is 2.07. The average molecular weight is 345 g/mol. The largest absolute Gasteiger partial charge is 0.367 e. The van der Waals surface area contributed by atoms with Crippen molar-refractivity contribution in [3.8, 4) is 0 Å². The first kappa shape index (κ1) is 15.4. The monoisotopic (exact) mass is 344 g/mol. The number of anilines is 3. The van der Waals surface area contributed by atoms with Gasteiger partial charge < -0.3 is 14.7 Å². The fourth-order valence-corrected chi connectivity index (χ4v) is 3.67. The third kappa shape index (κ3) is 3.11. The minimum Gasteiger partial charge on any atom is -0.367 e. The molecule has 2 aliphatic rings. The van der Waals surface area contributed by atoms with E-state index < -0.39 is 0 Å². The molecular weight excluding hydrogens is 324 g/mol. The molecule has 126 valence electrons. The number of pyridine rings is 1. The fraction of sp³-hybridized carbons (Fsp3) is 0.471. The van der Waals surface area contributed by atoms with E-state index >= 15 is 0 Å². The standard InChI is InChI=1S/C17H21ClN6/c18-14-12-19-4-3-15(14)22-7-9-24(10-8-22)17-11-16(20-13-21-17)23-5-1-2-6-23/h3-4,11-13H,1-2,5-10H2. The van der Waals surface area contributed by atoms with Gasteiger partial charge in [-0.3, -0.25) is 4.98 Å². The predicted octanol–water partition coefficient (Wildman–Crippen LogP) is 2.45. The summed E-state index contributed by atoms with van der Waals surface area (Å²) in [5.41, 5.74) is 1.06. The molecule has 7 heteroatoms. The molecule has 6 nitrogen and oxygen atoms in total. The van der Waals surface area contributed by atoms with Crippen LogP contribution >= 0.6 is 11.6 Å². The van der Waals surface area contributed by atoms with E-state index in [-0.39, 0.29) is 0 Å². The van der Waals surface area contributed by atoms with Gasteiger partial charge in [0.15, 0.2) is 0 Å². The summed E-state index contributed by atoms with van der Waals surface area (Å²) in [7, 11) is 0. The highest BCUT2D eigenvalue weighted by atomic mass is 35.5. The second kappa shape index (κ2) is 6.81. The second-order valence-corrected chi connectivity index (χ2v) is 6.64. The van der Waals surface area contributed by atoms with Gasteiger partial charge >= 0.3 is 0 Å². The summed E-state index contributed by atoms with van der Waals surface area (Å²) < 4.78 is 0. The summed E-state index contributed by atoms with van der Waals surface area (Å²) in [6, 6.07) is 4.11. The number of hydrogen-bond donors (Lipinski definition) is 0. The normalized spacial score (nSPS) is 18.3. The molecule has 24 heavy (non-hydrogen) atoms. The predicted molar refractivity (Wildman–Crippen MR) is 97.2 cm³/mol. The Morgan fingerprint density at radius 2 is 1.46 bits per heavy atom. The lowest BCUT2D eigenvalue weighted by molar-refractivity contribution is 0.646. The van der Waals surface area contributed by atoms with Crippen LogP contribution in [0.5, 0.6) is 0 Å². The van der Waals surface area contributed by atoms with Crippen molar-refractivity contribution < 1.29 is 0 Å². The van der Waals surface area contributed by atoms with E-state index in [2.05, 4.69) is 35.7 Å². The zero-order valence-electron chi connectivity index (χ0n) is 13.6. The highest BCUT2D eigenvalue weighted by Crippen LogP contribution is 2.27. The summed E-state index contributed by atoms with van der Waals surface area (Å²) in [5, 5.41) is 0.712. The molecule has 4 rings (SSSR count). The molecule has 0 radical (unpaired) electrons. The Morgan fingerprint density at radius 3 is 2.12 bits per heavy atom. The van der Waals surface area contributed by atoms with Crippen LogP contribution in [0.25, 0.3) is 0 Å². The minimum absolute atomic E-state index is 0.712. The Labute approximate surface area is 147 Å². The zero-order valence-corrected chi connectivity index (χ0v) is 14.4. The van der Waals surface area contributed by atoms with Crippen LogP contribution in [0.1, 0.15) is 12.8 Å². The van der Waals surface area contributed by atoms with Crippen molar-refractivity contribution in [1.29, 1.82) is 0 Å². The van der Waals surface area contributed by atoms with Gasteiger partial charge in [-0.2, -0.15) is 0 Å². The molecular formula is C17H21ClN6. The van der Waals surface area contributed by atoms with Crippen LogP contribution in [0, 0.1) is 0 Å². The summed E-state index contributed by atoms with van der Waals surface area (Å²) in [6.07, 6.45) is 7.70. The van der Waals surface area contributed by atoms with Gasteiger partial charge in [-0.1, -0.05) is 11.6 Å². The van der Waals surface area contributed by atoms with Crippen molar-refractivity contribution in [1.82, 2.24) is 15.0 Å². The van der Waals surface area contributed by atoms with Gasteiger partial charge in [0.05, 0.1) is 10.7 Å². The maximum Gasteiger partial charge on any atom is 0.134 e. The molecule has 0 unspecified atom stereocenters. The topological polar surface area (TPSA) is 48.4 Å². The van der Waals surface area contributed by atoms with Gasteiger partial charge in [-0.15, -0.1) is 0 Å². The van der Waals surface area contributed by atoms with Gasteiger partial charge in [-0.05, 0) is 18.9 Å². The van der Waals surface area contributed by atoms with E-state index in [1.54, 1.807) is 18.7 Å². The number of hydrogen-bond acceptors (Lipinski definition) is 6. The van der Waals surface area contributed by atoms with Crippen LogP contribution < -0.4 is 14.7 Å². The van der Waals surface area contributed by atoms with Crippen molar-refractivity contribution in [2.75, 3.05) is 54.0 Å². The molecule has 0 aromatic carbocycles. The van der Waals surface area contributed by atoms with Crippen molar-refractivity contribution in [3.63, 3.8) is 0 Å². The van der Waals surface area contributed by atoms with E-state index in [1.807, 2.05) is 6.07 Å². The van der Waals surface area contributed by atoms with Gasteiger partial charge in [0.1, 0.15) is 18.0 Å². The Hall–Kier alpha value is -2.08. The highest BCUT2D eigenvalue weighted by molar-refractivity contribution is 6.33. The molecule has 0 atom stereocenters. The zero-order chi connectivity index (χ0) is 16.4. The van der Waals surface area contributed by atoms with Crippen LogP contribution in [0.15, 0.2) is 30.9 Å². The van der Waals surface area contributed by atoms with Crippen molar-refractivity contribution in [2.24, 2.45) is 0 Å². The van der Waals surface area contributed by atoms with E-state index in [1.165, 1.54) is 12.8 Å².